The quantitative estimate of drug-likeness (QED) is 0.485. The third-order valence-corrected chi connectivity index (χ3v) is 3.77. The van der Waals surface area contributed by atoms with Crippen molar-refractivity contribution in [1.82, 2.24) is 5.32 Å². The fraction of sp³-hybridized carbons (Fsp3) is 0.588. The molecular formula is C17H25NO4. The number of ether oxygens (including phenoxy) is 2. The second kappa shape index (κ2) is 8.76. The number of nitrogens with one attached hydrogen (secondary N) is 1. The van der Waals surface area contributed by atoms with Gasteiger partial charge in [-0.2, -0.15) is 0 Å². The molecule has 122 valence electrons. The number of aliphatic hydroxyl groups excluding tert-OH is 1. The summed E-state index contributed by atoms with van der Waals surface area (Å²) >= 11 is 0. The van der Waals surface area contributed by atoms with E-state index in [1.54, 1.807) is 0 Å². The molecule has 0 saturated heterocycles. The molecular weight excluding hydrogens is 282 g/mol. The highest BCUT2D eigenvalue weighted by atomic mass is 16.5. The first-order valence-electron chi connectivity index (χ1n) is 7.92. The molecule has 0 aromatic heterocycles. The van der Waals surface area contributed by atoms with Gasteiger partial charge in [-0.1, -0.05) is 12.1 Å². The molecule has 1 fully saturated rings. The van der Waals surface area contributed by atoms with E-state index in [1.165, 1.54) is 18.4 Å². The van der Waals surface area contributed by atoms with Gasteiger partial charge in [-0.25, -0.2) is 0 Å². The van der Waals surface area contributed by atoms with Gasteiger partial charge in [0.25, 0.3) is 6.47 Å². The van der Waals surface area contributed by atoms with Gasteiger partial charge in [0.2, 0.25) is 0 Å². The fourth-order valence-electron chi connectivity index (χ4n) is 2.31. The molecule has 0 heterocycles. The molecule has 2 rings (SSSR count). The summed E-state index contributed by atoms with van der Waals surface area (Å²) in [6, 6.07) is 6.92. The van der Waals surface area contributed by atoms with Crippen molar-refractivity contribution in [1.29, 1.82) is 0 Å². The summed E-state index contributed by atoms with van der Waals surface area (Å²) in [5, 5.41) is 12.4. The minimum atomic E-state index is 0.173. The Hall–Kier alpha value is -1.59. The smallest absolute Gasteiger partial charge is 0.293 e. The van der Waals surface area contributed by atoms with Crippen LogP contribution in [0.4, 0.5) is 0 Å². The molecule has 0 radical (unpaired) electrons. The van der Waals surface area contributed by atoms with Crippen LogP contribution in [0.1, 0.15) is 49.8 Å². The average Bonchev–Trinajstić information content (AvgIpc) is 3.34. The predicted octanol–water partition coefficient (Wildman–Crippen LogP) is 2.32. The summed E-state index contributed by atoms with van der Waals surface area (Å²) in [4.78, 5) is 10.4. The molecule has 1 unspecified atom stereocenters. The van der Waals surface area contributed by atoms with E-state index in [0.717, 1.165) is 24.2 Å². The third kappa shape index (κ3) is 5.31. The lowest BCUT2D eigenvalue weighted by molar-refractivity contribution is -0.129. The normalized spacial score (nSPS) is 15.4. The van der Waals surface area contributed by atoms with Gasteiger partial charge in [-0.15, -0.1) is 0 Å². The first-order chi connectivity index (χ1) is 10.7. The molecule has 5 nitrogen and oxygen atoms in total. The second-order valence-corrected chi connectivity index (χ2v) is 5.72. The summed E-state index contributed by atoms with van der Waals surface area (Å²) in [5.74, 6) is 0.752. The SMILES string of the molecule is CC(NC1CC1)c1ccc(COC=O)c(OCCCCO)c1. The van der Waals surface area contributed by atoms with E-state index in [-0.39, 0.29) is 19.3 Å². The fourth-order valence-corrected chi connectivity index (χ4v) is 2.31. The van der Waals surface area contributed by atoms with Crippen molar-refractivity contribution in [3.63, 3.8) is 0 Å². The van der Waals surface area contributed by atoms with E-state index in [4.69, 9.17) is 14.6 Å². The lowest BCUT2D eigenvalue weighted by Gasteiger charge is -2.17. The van der Waals surface area contributed by atoms with Crippen molar-refractivity contribution in [3.05, 3.63) is 29.3 Å². The van der Waals surface area contributed by atoms with Crippen LogP contribution in [0.2, 0.25) is 0 Å². The molecule has 1 saturated carbocycles. The predicted molar refractivity (Wildman–Crippen MR) is 83.7 cm³/mol. The van der Waals surface area contributed by atoms with E-state index < -0.39 is 0 Å². The number of benzene rings is 1. The summed E-state index contributed by atoms with van der Waals surface area (Å²) in [5.41, 5.74) is 2.03. The first-order valence-corrected chi connectivity index (χ1v) is 7.92. The lowest BCUT2D eigenvalue weighted by atomic mass is 10.0. The Balaban J connectivity index is 2.02. The summed E-state index contributed by atoms with van der Waals surface area (Å²) in [6.07, 6.45) is 4.02. The summed E-state index contributed by atoms with van der Waals surface area (Å²) in [7, 11) is 0. The van der Waals surface area contributed by atoms with Crippen LogP contribution in [0.3, 0.4) is 0 Å². The van der Waals surface area contributed by atoms with Crippen LogP contribution in [0.25, 0.3) is 0 Å². The number of rotatable bonds is 11. The van der Waals surface area contributed by atoms with Crippen LogP contribution in [-0.2, 0) is 16.1 Å². The van der Waals surface area contributed by atoms with Gasteiger partial charge >= 0.3 is 0 Å². The number of carbonyl (C=O) groups excluding carboxylic acids is 1. The van der Waals surface area contributed by atoms with E-state index in [0.29, 0.717) is 19.1 Å². The first kappa shape index (κ1) is 16.8. The summed E-state index contributed by atoms with van der Waals surface area (Å²) < 4.78 is 10.7. The maximum atomic E-state index is 10.4. The van der Waals surface area contributed by atoms with Gasteiger partial charge < -0.3 is 19.9 Å². The molecule has 22 heavy (non-hydrogen) atoms. The number of unbranched alkanes of at least 4 members (excludes halogenated alkanes) is 1. The van der Waals surface area contributed by atoms with Crippen LogP contribution in [0.15, 0.2) is 18.2 Å². The van der Waals surface area contributed by atoms with Crippen molar-refractivity contribution in [2.45, 2.75) is 51.3 Å². The number of hydrogen-bond acceptors (Lipinski definition) is 5. The molecule has 5 heteroatoms. The molecule has 1 atom stereocenters. The van der Waals surface area contributed by atoms with Crippen LogP contribution in [-0.4, -0.2) is 30.8 Å². The topological polar surface area (TPSA) is 67.8 Å². The van der Waals surface area contributed by atoms with E-state index in [9.17, 15) is 4.79 Å². The van der Waals surface area contributed by atoms with Crippen LogP contribution in [0.5, 0.6) is 5.75 Å². The molecule has 0 amide bonds. The van der Waals surface area contributed by atoms with Gasteiger partial charge in [0.1, 0.15) is 12.4 Å². The minimum Gasteiger partial charge on any atom is -0.493 e. The minimum absolute atomic E-state index is 0.173. The zero-order valence-corrected chi connectivity index (χ0v) is 13.1. The maximum Gasteiger partial charge on any atom is 0.293 e. The van der Waals surface area contributed by atoms with Crippen LogP contribution in [0, 0.1) is 0 Å². The highest BCUT2D eigenvalue weighted by Crippen LogP contribution is 2.28. The monoisotopic (exact) mass is 307 g/mol. The van der Waals surface area contributed by atoms with Gasteiger partial charge in [-0.3, -0.25) is 4.79 Å². The Labute approximate surface area is 131 Å². The van der Waals surface area contributed by atoms with Crippen molar-refractivity contribution < 1.29 is 19.4 Å². The van der Waals surface area contributed by atoms with E-state index >= 15 is 0 Å². The lowest BCUT2D eigenvalue weighted by Crippen LogP contribution is -2.20. The summed E-state index contributed by atoms with van der Waals surface area (Å²) in [6.45, 7) is 3.52. The maximum absolute atomic E-state index is 10.4. The standard InChI is InChI=1S/C17H25NO4/c1-13(18-16-6-7-16)14-4-5-15(11-21-12-20)17(10-14)22-9-3-2-8-19/h4-5,10,12-13,16,18-19H,2-3,6-9,11H2,1H3. The van der Waals surface area contributed by atoms with Crippen molar-refractivity contribution in [3.8, 4) is 5.75 Å². The molecule has 1 aromatic carbocycles. The Bertz CT molecular complexity index is 474. The van der Waals surface area contributed by atoms with Gasteiger partial charge in [0, 0.05) is 24.3 Å². The largest absolute Gasteiger partial charge is 0.493 e. The second-order valence-electron chi connectivity index (χ2n) is 5.72. The Kier molecular flexibility index (Phi) is 6.68. The Morgan fingerprint density at radius 3 is 2.91 bits per heavy atom. The van der Waals surface area contributed by atoms with E-state index in [1.807, 2.05) is 18.2 Å². The van der Waals surface area contributed by atoms with Crippen molar-refractivity contribution in [2.75, 3.05) is 13.2 Å². The molecule has 0 spiro atoms. The van der Waals surface area contributed by atoms with E-state index in [2.05, 4.69) is 12.2 Å². The molecule has 0 bridgehead atoms. The molecule has 2 N–H and O–H groups in total. The third-order valence-electron chi connectivity index (χ3n) is 3.77. The Morgan fingerprint density at radius 1 is 1.41 bits per heavy atom. The molecule has 1 aliphatic carbocycles. The van der Waals surface area contributed by atoms with Crippen molar-refractivity contribution in [2.24, 2.45) is 0 Å². The molecule has 1 aromatic rings. The van der Waals surface area contributed by atoms with Gasteiger partial charge in [0.05, 0.1) is 6.61 Å². The Morgan fingerprint density at radius 2 is 2.23 bits per heavy atom. The highest BCUT2D eigenvalue weighted by molar-refractivity contribution is 5.41. The number of hydrogen-bond donors (Lipinski definition) is 2. The highest BCUT2D eigenvalue weighted by Gasteiger charge is 2.23. The zero-order chi connectivity index (χ0) is 15.8. The van der Waals surface area contributed by atoms with Gasteiger partial charge in [-0.05, 0) is 44.2 Å². The number of carbonyl (C=O) groups is 1. The molecule has 1 aliphatic rings. The zero-order valence-electron chi connectivity index (χ0n) is 13.1. The molecule has 0 aliphatic heterocycles. The van der Waals surface area contributed by atoms with Crippen molar-refractivity contribution >= 4 is 6.47 Å². The average molecular weight is 307 g/mol. The number of aliphatic hydroxyl groups is 1. The van der Waals surface area contributed by atoms with Gasteiger partial charge in [0.15, 0.2) is 0 Å². The van der Waals surface area contributed by atoms with Crippen LogP contribution < -0.4 is 10.1 Å². The van der Waals surface area contributed by atoms with Crippen LogP contribution >= 0.6 is 0 Å².